The van der Waals surface area contributed by atoms with Gasteiger partial charge in [-0.1, -0.05) is 35.3 Å². The Labute approximate surface area is 218 Å². The first-order chi connectivity index (χ1) is 17.3. The molecule has 0 spiro atoms. The van der Waals surface area contributed by atoms with Crippen molar-refractivity contribution in [3.63, 3.8) is 0 Å². The number of aromatic hydroxyl groups is 1. The van der Waals surface area contributed by atoms with E-state index < -0.39 is 23.5 Å². The molecule has 36 heavy (non-hydrogen) atoms. The lowest BCUT2D eigenvalue weighted by Gasteiger charge is -2.26. The number of hydrogen-bond donors (Lipinski definition) is 2. The maximum atomic E-state index is 13.4. The Morgan fingerprint density at radius 1 is 0.944 bits per heavy atom. The van der Waals surface area contributed by atoms with Crippen LogP contribution in [0.1, 0.15) is 31.0 Å². The number of phenolic OH excluding ortho intramolecular Hbond substituents is 1. The van der Waals surface area contributed by atoms with E-state index in [-0.39, 0.29) is 32.7 Å². The number of ketones is 1. The summed E-state index contributed by atoms with van der Waals surface area (Å²) in [6, 6.07) is 14.4. The molecular formula is C27H23Cl2NO6. The first-order valence-corrected chi connectivity index (χ1v) is 12.0. The number of carbonyl (C=O) groups excluding carboxylic acids is 2. The summed E-state index contributed by atoms with van der Waals surface area (Å²) in [6.07, 6.45) is 0. The van der Waals surface area contributed by atoms with Gasteiger partial charge in [-0.15, -0.1) is 0 Å². The molecule has 1 atom stereocenters. The number of benzene rings is 3. The molecule has 1 heterocycles. The minimum absolute atomic E-state index is 0.0664. The first-order valence-electron chi connectivity index (χ1n) is 11.2. The molecule has 0 aromatic heterocycles. The number of anilines is 1. The quantitative estimate of drug-likeness (QED) is 0.218. The van der Waals surface area contributed by atoms with Gasteiger partial charge in [-0.2, -0.15) is 0 Å². The van der Waals surface area contributed by atoms with Gasteiger partial charge >= 0.3 is 0 Å². The highest BCUT2D eigenvalue weighted by atomic mass is 35.5. The monoisotopic (exact) mass is 527 g/mol. The van der Waals surface area contributed by atoms with Gasteiger partial charge in [0.1, 0.15) is 23.0 Å². The minimum Gasteiger partial charge on any atom is -0.508 e. The third kappa shape index (κ3) is 4.72. The topological polar surface area (TPSA) is 96.3 Å². The molecule has 1 amide bonds. The molecule has 9 heteroatoms. The second kappa shape index (κ2) is 10.5. The van der Waals surface area contributed by atoms with Crippen molar-refractivity contribution in [3.05, 3.63) is 87.4 Å². The number of rotatable bonds is 7. The van der Waals surface area contributed by atoms with Crippen LogP contribution in [0.2, 0.25) is 10.0 Å². The molecule has 0 aliphatic carbocycles. The highest BCUT2D eigenvalue weighted by Crippen LogP contribution is 2.45. The number of Topliss-reactive ketones (excluding diaryl/α,β-unsaturated/α-hetero) is 1. The van der Waals surface area contributed by atoms with E-state index in [0.717, 1.165) is 0 Å². The largest absolute Gasteiger partial charge is 0.508 e. The third-order valence-corrected chi connectivity index (χ3v) is 6.37. The number of hydrogen-bond acceptors (Lipinski definition) is 6. The lowest BCUT2D eigenvalue weighted by molar-refractivity contribution is -0.132. The SMILES string of the molecule is CCOc1ccc(/C(O)=C2/C(=O)C(=O)N(c3ccc(Cl)c(Cl)c3)C2c2cccc(O)c2)c(OCC)c1. The van der Waals surface area contributed by atoms with Crippen LogP contribution in [-0.2, 0) is 9.59 Å². The van der Waals surface area contributed by atoms with Crippen molar-refractivity contribution in [2.24, 2.45) is 0 Å². The van der Waals surface area contributed by atoms with E-state index in [2.05, 4.69) is 0 Å². The van der Waals surface area contributed by atoms with Crippen LogP contribution in [0.5, 0.6) is 17.2 Å². The predicted molar refractivity (Wildman–Crippen MR) is 138 cm³/mol. The Bertz CT molecular complexity index is 1370. The van der Waals surface area contributed by atoms with E-state index in [9.17, 15) is 19.8 Å². The van der Waals surface area contributed by atoms with E-state index in [1.54, 1.807) is 43.3 Å². The summed E-state index contributed by atoms with van der Waals surface area (Å²) in [5.41, 5.74) is 0.765. The van der Waals surface area contributed by atoms with Gasteiger partial charge in [-0.05, 0) is 61.9 Å². The van der Waals surface area contributed by atoms with Gasteiger partial charge in [0.25, 0.3) is 11.7 Å². The maximum absolute atomic E-state index is 13.4. The molecule has 0 radical (unpaired) electrons. The number of aliphatic hydroxyl groups is 1. The van der Waals surface area contributed by atoms with Gasteiger partial charge in [0.2, 0.25) is 0 Å². The molecule has 3 aromatic rings. The van der Waals surface area contributed by atoms with E-state index >= 15 is 0 Å². The van der Waals surface area contributed by atoms with E-state index in [4.69, 9.17) is 32.7 Å². The zero-order valence-corrected chi connectivity index (χ0v) is 21.0. The number of phenols is 1. The van der Waals surface area contributed by atoms with Crippen LogP contribution in [0.3, 0.4) is 0 Å². The van der Waals surface area contributed by atoms with Gasteiger partial charge in [0.15, 0.2) is 0 Å². The summed E-state index contributed by atoms with van der Waals surface area (Å²) < 4.78 is 11.2. The van der Waals surface area contributed by atoms with Crippen molar-refractivity contribution in [1.29, 1.82) is 0 Å². The summed E-state index contributed by atoms with van der Waals surface area (Å²) in [5.74, 6) is -1.44. The zero-order valence-electron chi connectivity index (χ0n) is 19.5. The Hall–Kier alpha value is -3.68. The normalized spacial score (nSPS) is 16.9. The maximum Gasteiger partial charge on any atom is 0.300 e. The summed E-state index contributed by atoms with van der Waals surface area (Å²) in [5, 5.41) is 22.1. The zero-order chi connectivity index (χ0) is 26.0. The molecule has 3 aromatic carbocycles. The molecule has 186 valence electrons. The standard InChI is InChI=1S/C27H23Cl2NO6/c1-3-35-18-9-10-19(22(14-18)36-4-2)25(32)23-24(15-6-5-7-17(31)12-15)30(27(34)26(23)33)16-8-11-20(28)21(29)13-16/h5-14,24,31-32H,3-4H2,1-2H3/b25-23-. The molecule has 1 fully saturated rings. The highest BCUT2D eigenvalue weighted by Gasteiger charge is 2.47. The molecule has 2 N–H and O–H groups in total. The van der Waals surface area contributed by atoms with Gasteiger partial charge < -0.3 is 19.7 Å². The number of nitrogens with zero attached hydrogens (tertiary/aromatic N) is 1. The number of ether oxygens (including phenoxy) is 2. The lowest BCUT2D eigenvalue weighted by atomic mass is 9.94. The van der Waals surface area contributed by atoms with Crippen LogP contribution in [0, 0.1) is 0 Å². The fraction of sp³-hybridized carbons (Fsp3) is 0.185. The van der Waals surface area contributed by atoms with Gasteiger partial charge in [0.05, 0.1) is 40.4 Å². The number of halogens is 2. The summed E-state index contributed by atoms with van der Waals surface area (Å²) in [4.78, 5) is 27.9. The summed E-state index contributed by atoms with van der Waals surface area (Å²) >= 11 is 12.3. The molecule has 0 saturated carbocycles. The second-order valence-electron chi connectivity index (χ2n) is 7.89. The van der Waals surface area contributed by atoms with Crippen molar-refractivity contribution in [2.45, 2.75) is 19.9 Å². The van der Waals surface area contributed by atoms with Crippen LogP contribution in [0.15, 0.2) is 66.2 Å². The average Bonchev–Trinajstić information content (AvgIpc) is 3.11. The van der Waals surface area contributed by atoms with Crippen molar-refractivity contribution in [1.82, 2.24) is 0 Å². The smallest absolute Gasteiger partial charge is 0.300 e. The van der Waals surface area contributed by atoms with Gasteiger partial charge in [-0.3, -0.25) is 14.5 Å². The van der Waals surface area contributed by atoms with Crippen molar-refractivity contribution in [2.75, 3.05) is 18.1 Å². The third-order valence-electron chi connectivity index (χ3n) is 5.63. The molecule has 7 nitrogen and oxygen atoms in total. The van der Waals surface area contributed by atoms with Gasteiger partial charge in [0, 0.05) is 11.8 Å². The first kappa shape index (κ1) is 25.4. The van der Waals surface area contributed by atoms with E-state index in [1.807, 2.05) is 6.92 Å². The minimum atomic E-state index is -1.06. The molecule has 1 aliphatic rings. The second-order valence-corrected chi connectivity index (χ2v) is 8.70. The fourth-order valence-electron chi connectivity index (χ4n) is 4.12. The van der Waals surface area contributed by atoms with E-state index in [1.165, 1.54) is 29.2 Å². The van der Waals surface area contributed by atoms with E-state index in [0.29, 0.717) is 30.2 Å². The van der Waals surface area contributed by atoms with Crippen LogP contribution in [0.25, 0.3) is 5.76 Å². The van der Waals surface area contributed by atoms with Crippen molar-refractivity contribution < 1.29 is 29.3 Å². The van der Waals surface area contributed by atoms with Crippen molar-refractivity contribution >= 4 is 46.3 Å². The number of amides is 1. The number of aliphatic hydroxyl groups excluding tert-OH is 1. The molecule has 1 saturated heterocycles. The molecule has 4 rings (SSSR count). The molecule has 1 aliphatic heterocycles. The Morgan fingerprint density at radius 2 is 1.69 bits per heavy atom. The fourth-order valence-corrected chi connectivity index (χ4v) is 4.41. The van der Waals surface area contributed by atoms with Crippen LogP contribution in [0.4, 0.5) is 5.69 Å². The average molecular weight is 528 g/mol. The predicted octanol–water partition coefficient (Wildman–Crippen LogP) is 6.12. The van der Waals surface area contributed by atoms with Crippen LogP contribution >= 0.6 is 23.2 Å². The van der Waals surface area contributed by atoms with Crippen LogP contribution in [-0.4, -0.2) is 35.1 Å². The Kier molecular flexibility index (Phi) is 7.43. The highest BCUT2D eigenvalue weighted by molar-refractivity contribution is 6.52. The molecule has 1 unspecified atom stereocenters. The summed E-state index contributed by atoms with van der Waals surface area (Å²) in [7, 11) is 0. The lowest BCUT2D eigenvalue weighted by Crippen LogP contribution is -2.29. The Morgan fingerprint density at radius 3 is 2.36 bits per heavy atom. The van der Waals surface area contributed by atoms with Crippen molar-refractivity contribution in [3.8, 4) is 17.2 Å². The Balaban J connectivity index is 1.96. The van der Waals surface area contributed by atoms with Gasteiger partial charge in [-0.25, -0.2) is 0 Å². The molecular weight excluding hydrogens is 505 g/mol. The molecule has 0 bridgehead atoms. The number of carbonyl (C=O) groups is 2. The van der Waals surface area contributed by atoms with Crippen LogP contribution < -0.4 is 14.4 Å². The summed E-state index contributed by atoms with van der Waals surface area (Å²) in [6.45, 7) is 4.35.